The summed E-state index contributed by atoms with van der Waals surface area (Å²) >= 11 is 6.21. The van der Waals surface area contributed by atoms with Crippen LogP contribution in [0.1, 0.15) is 63.0 Å². The molecule has 0 aromatic heterocycles. The van der Waals surface area contributed by atoms with E-state index in [1.807, 2.05) is 56.3 Å². The largest absolute Gasteiger partial charge is 0.378 e. The number of anilines is 1. The summed E-state index contributed by atoms with van der Waals surface area (Å²) in [4.78, 5) is 4.68. The molecule has 2 fully saturated rings. The minimum atomic E-state index is -3.78. The van der Waals surface area contributed by atoms with E-state index in [9.17, 15) is 16.8 Å². The first-order valence-electron chi connectivity index (χ1n) is 17.0. The number of nitrogens with zero attached hydrogens (tertiary/aromatic N) is 5. The highest BCUT2D eigenvalue weighted by Gasteiger charge is 2.35. The zero-order chi connectivity index (χ0) is 32.9. The monoisotopic (exact) mass is 693 g/mol. The van der Waals surface area contributed by atoms with Gasteiger partial charge in [0.2, 0.25) is 10.0 Å². The second-order valence-corrected chi connectivity index (χ2v) is 18.0. The molecule has 2 aliphatic heterocycles. The Morgan fingerprint density at radius 1 is 0.761 bits per heavy atom. The van der Waals surface area contributed by atoms with Gasteiger partial charge in [0.1, 0.15) is 0 Å². The van der Waals surface area contributed by atoms with Crippen LogP contribution in [-0.2, 0) is 33.2 Å². The second kappa shape index (κ2) is 15.7. The van der Waals surface area contributed by atoms with Crippen molar-refractivity contribution in [3.8, 4) is 0 Å². The van der Waals surface area contributed by atoms with E-state index in [2.05, 4.69) is 4.90 Å². The lowest BCUT2D eigenvalue weighted by Crippen LogP contribution is -2.49. The number of benzene rings is 2. The molecule has 12 heteroatoms. The first kappa shape index (κ1) is 35.6. The highest BCUT2D eigenvalue weighted by Crippen LogP contribution is 2.28. The standard InChI is InChI=1S/C34H52ClN5O4S2/c1-28-24-38(45(41,42)34-15-13-33(14-16-34)36(2)3)20-7-18-37(26-29-9-5-4-6-10-29)19-8-21-39(25-28)46(43,44)40-22-17-30-23-32(35)12-11-31(30)27-40/h11-16,23,28-29H,4-10,17-22,24-27H2,1-3H3/t28-/m0/s1. The van der Waals surface area contributed by atoms with Crippen LogP contribution < -0.4 is 4.90 Å². The van der Waals surface area contributed by atoms with Crippen LogP contribution in [-0.4, -0.2) is 101 Å². The molecular formula is C34H52ClN5O4S2. The molecule has 2 heterocycles. The van der Waals surface area contributed by atoms with Gasteiger partial charge in [-0.2, -0.15) is 21.3 Å². The molecule has 1 aliphatic carbocycles. The van der Waals surface area contributed by atoms with Gasteiger partial charge in [-0.15, -0.1) is 0 Å². The molecular weight excluding hydrogens is 642 g/mol. The Balaban J connectivity index is 1.38. The molecule has 2 aromatic rings. The fourth-order valence-corrected chi connectivity index (χ4v) is 10.8. The van der Waals surface area contributed by atoms with E-state index in [4.69, 9.17) is 11.6 Å². The third kappa shape index (κ3) is 8.84. The topological polar surface area (TPSA) is 84.5 Å². The molecule has 0 N–H and O–H groups in total. The normalized spacial score (nSPS) is 22.9. The average Bonchev–Trinajstić information content (AvgIpc) is 3.03. The Morgan fingerprint density at radius 2 is 1.41 bits per heavy atom. The van der Waals surface area contributed by atoms with Gasteiger partial charge in [0, 0.05) is 70.6 Å². The smallest absolute Gasteiger partial charge is 0.282 e. The molecule has 1 atom stereocenters. The lowest BCUT2D eigenvalue weighted by molar-refractivity contribution is 0.179. The predicted molar refractivity (Wildman–Crippen MR) is 187 cm³/mol. The highest BCUT2D eigenvalue weighted by molar-refractivity contribution is 7.89. The number of hydrogen-bond donors (Lipinski definition) is 0. The molecule has 9 nitrogen and oxygen atoms in total. The maximum absolute atomic E-state index is 14.2. The van der Waals surface area contributed by atoms with Gasteiger partial charge in [0.15, 0.2) is 0 Å². The van der Waals surface area contributed by atoms with Crippen molar-refractivity contribution >= 4 is 37.5 Å². The zero-order valence-electron chi connectivity index (χ0n) is 27.8. The van der Waals surface area contributed by atoms with Gasteiger partial charge in [0.05, 0.1) is 4.90 Å². The van der Waals surface area contributed by atoms with Gasteiger partial charge in [-0.25, -0.2) is 8.42 Å². The number of hydrogen-bond acceptors (Lipinski definition) is 6. The van der Waals surface area contributed by atoms with Crippen LogP contribution in [0.25, 0.3) is 0 Å². The molecule has 0 spiro atoms. The molecule has 1 saturated carbocycles. The summed E-state index contributed by atoms with van der Waals surface area (Å²) in [5.41, 5.74) is 3.01. The van der Waals surface area contributed by atoms with Crippen LogP contribution in [0.4, 0.5) is 5.69 Å². The third-order valence-corrected chi connectivity index (χ3v) is 13.9. The van der Waals surface area contributed by atoms with Gasteiger partial charge in [0.25, 0.3) is 10.2 Å². The maximum atomic E-state index is 14.2. The fourth-order valence-electron chi connectivity index (χ4n) is 7.26. The second-order valence-electron chi connectivity index (χ2n) is 13.7. The molecule has 1 saturated heterocycles. The molecule has 0 radical (unpaired) electrons. The zero-order valence-corrected chi connectivity index (χ0v) is 30.2. The maximum Gasteiger partial charge on any atom is 0.282 e. The fraction of sp³-hybridized carbons (Fsp3) is 0.647. The Labute approximate surface area is 282 Å². The average molecular weight is 694 g/mol. The van der Waals surface area contributed by atoms with Crippen molar-refractivity contribution in [3.63, 3.8) is 0 Å². The van der Waals surface area contributed by atoms with Crippen molar-refractivity contribution in [1.82, 2.24) is 17.8 Å². The predicted octanol–water partition coefficient (Wildman–Crippen LogP) is 5.31. The van der Waals surface area contributed by atoms with Crippen LogP contribution in [0.3, 0.4) is 0 Å². The molecule has 5 rings (SSSR count). The van der Waals surface area contributed by atoms with E-state index in [0.717, 1.165) is 49.3 Å². The van der Waals surface area contributed by atoms with Crippen LogP contribution in [0.2, 0.25) is 5.02 Å². The molecule has 0 bridgehead atoms. The van der Waals surface area contributed by atoms with Crippen molar-refractivity contribution in [2.24, 2.45) is 11.8 Å². The number of sulfonamides is 1. The van der Waals surface area contributed by atoms with Crippen LogP contribution in [0, 0.1) is 11.8 Å². The Morgan fingerprint density at radius 3 is 2.09 bits per heavy atom. The highest BCUT2D eigenvalue weighted by atomic mass is 35.5. The summed E-state index contributed by atoms with van der Waals surface area (Å²) in [7, 11) is -3.70. The molecule has 3 aliphatic rings. The van der Waals surface area contributed by atoms with Gasteiger partial charge >= 0.3 is 0 Å². The van der Waals surface area contributed by atoms with Crippen molar-refractivity contribution in [3.05, 3.63) is 58.6 Å². The van der Waals surface area contributed by atoms with E-state index < -0.39 is 20.2 Å². The quantitative estimate of drug-likeness (QED) is 0.391. The lowest BCUT2D eigenvalue weighted by atomic mass is 9.89. The van der Waals surface area contributed by atoms with Gasteiger partial charge < -0.3 is 9.80 Å². The summed E-state index contributed by atoms with van der Waals surface area (Å²) in [6.07, 6.45) is 8.43. The third-order valence-electron chi connectivity index (χ3n) is 9.82. The van der Waals surface area contributed by atoms with Gasteiger partial charge in [-0.1, -0.05) is 43.9 Å². The lowest BCUT2D eigenvalue weighted by Gasteiger charge is -2.36. The Hall–Kier alpha value is -1.73. The van der Waals surface area contributed by atoms with Crippen molar-refractivity contribution < 1.29 is 16.8 Å². The molecule has 0 unspecified atom stereocenters. The van der Waals surface area contributed by atoms with E-state index in [1.165, 1.54) is 32.1 Å². The van der Waals surface area contributed by atoms with Gasteiger partial charge in [-0.05, 0) is 105 Å². The minimum Gasteiger partial charge on any atom is -0.378 e. The molecule has 256 valence electrons. The summed E-state index contributed by atoms with van der Waals surface area (Å²) < 4.78 is 61.4. The molecule has 0 amide bonds. The van der Waals surface area contributed by atoms with E-state index >= 15 is 0 Å². The van der Waals surface area contributed by atoms with Crippen LogP contribution in [0.5, 0.6) is 0 Å². The van der Waals surface area contributed by atoms with E-state index in [1.54, 1.807) is 25.0 Å². The summed E-state index contributed by atoms with van der Waals surface area (Å²) in [6.45, 7) is 6.62. The van der Waals surface area contributed by atoms with Gasteiger partial charge in [-0.3, -0.25) is 0 Å². The molecule has 2 aromatic carbocycles. The summed E-state index contributed by atoms with van der Waals surface area (Å²) in [5.74, 6) is 0.456. The van der Waals surface area contributed by atoms with E-state index in [0.29, 0.717) is 43.5 Å². The minimum absolute atomic E-state index is 0.195. The van der Waals surface area contributed by atoms with Crippen LogP contribution >= 0.6 is 11.6 Å². The molecule has 46 heavy (non-hydrogen) atoms. The summed E-state index contributed by atoms with van der Waals surface area (Å²) in [6, 6.07) is 12.7. The number of halogens is 1. The SMILES string of the molecule is C[C@H]1CN(S(=O)(=O)c2ccc(N(C)C)cc2)CCCN(CC2CCCCC2)CCCN(S(=O)(=O)N2CCc3cc(Cl)ccc3C2)C1. The Bertz CT molecular complexity index is 1510. The Kier molecular flexibility index (Phi) is 12.1. The number of fused-ring (bicyclic) bond motifs is 1. The van der Waals surface area contributed by atoms with Crippen molar-refractivity contribution in [2.45, 2.75) is 69.7 Å². The van der Waals surface area contributed by atoms with Crippen molar-refractivity contribution in [2.75, 3.05) is 71.4 Å². The first-order valence-corrected chi connectivity index (χ1v) is 20.2. The first-order chi connectivity index (χ1) is 21.9. The van der Waals surface area contributed by atoms with E-state index in [-0.39, 0.29) is 23.9 Å². The summed E-state index contributed by atoms with van der Waals surface area (Å²) in [5, 5.41) is 0.665. The van der Waals surface area contributed by atoms with Crippen molar-refractivity contribution in [1.29, 1.82) is 0 Å². The van der Waals surface area contributed by atoms with Crippen LogP contribution in [0.15, 0.2) is 47.4 Å². The number of rotatable bonds is 7.